The van der Waals surface area contributed by atoms with Gasteiger partial charge in [0.2, 0.25) is 0 Å². The first-order valence-electron chi connectivity index (χ1n) is 3.88. The highest BCUT2D eigenvalue weighted by atomic mass is 19.4. The van der Waals surface area contributed by atoms with Gasteiger partial charge in [0, 0.05) is 6.20 Å². The number of rotatable bonds is 2. The number of amides is 1. The lowest BCUT2D eigenvalue weighted by atomic mass is 10.2. The molecule has 0 fully saturated rings. The SMILES string of the molecule is O=C(O)c1ccnc(NC(=O)C(F)(F)F)c1. The summed E-state index contributed by atoms with van der Waals surface area (Å²) in [7, 11) is 0. The molecule has 0 aromatic carbocycles. The van der Waals surface area contributed by atoms with Crippen molar-refractivity contribution < 1.29 is 27.9 Å². The van der Waals surface area contributed by atoms with Crippen molar-refractivity contribution in [3.63, 3.8) is 0 Å². The standard InChI is InChI=1S/C8H5F3N2O3/c9-8(10,11)7(16)13-5-3-4(6(14)15)1-2-12-5/h1-3H,(H,14,15)(H,12,13,16). The smallest absolute Gasteiger partial charge is 0.471 e. The van der Waals surface area contributed by atoms with Crippen molar-refractivity contribution in [2.24, 2.45) is 0 Å². The number of halogens is 3. The van der Waals surface area contributed by atoms with Crippen LogP contribution in [0.3, 0.4) is 0 Å². The zero-order chi connectivity index (χ0) is 12.3. The number of hydrogen-bond donors (Lipinski definition) is 2. The molecule has 0 bridgehead atoms. The highest BCUT2D eigenvalue weighted by Crippen LogP contribution is 2.17. The lowest BCUT2D eigenvalue weighted by Crippen LogP contribution is -2.30. The van der Waals surface area contributed by atoms with Gasteiger partial charge in [0.15, 0.2) is 0 Å². The van der Waals surface area contributed by atoms with Crippen molar-refractivity contribution in [3.8, 4) is 0 Å². The van der Waals surface area contributed by atoms with E-state index in [1.54, 1.807) is 0 Å². The molecule has 0 aliphatic rings. The molecule has 86 valence electrons. The lowest BCUT2D eigenvalue weighted by Gasteiger charge is -2.07. The molecule has 0 radical (unpaired) electrons. The predicted molar refractivity (Wildman–Crippen MR) is 45.9 cm³/mol. The Morgan fingerprint density at radius 3 is 2.50 bits per heavy atom. The minimum atomic E-state index is -5.04. The van der Waals surface area contributed by atoms with Crippen molar-refractivity contribution >= 4 is 17.7 Å². The number of alkyl halides is 3. The zero-order valence-electron chi connectivity index (χ0n) is 7.58. The Morgan fingerprint density at radius 2 is 2.00 bits per heavy atom. The van der Waals surface area contributed by atoms with E-state index in [4.69, 9.17) is 5.11 Å². The Hall–Kier alpha value is -2.12. The summed E-state index contributed by atoms with van der Waals surface area (Å²) in [5, 5.41) is 9.98. The van der Waals surface area contributed by atoms with Crippen LogP contribution in [0.5, 0.6) is 0 Å². The molecule has 0 atom stereocenters. The number of hydrogen-bond acceptors (Lipinski definition) is 3. The predicted octanol–water partition coefficient (Wildman–Crippen LogP) is 1.28. The number of aromatic carboxylic acids is 1. The zero-order valence-corrected chi connectivity index (χ0v) is 7.58. The fourth-order valence-electron chi connectivity index (χ4n) is 0.819. The minimum absolute atomic E-state index is 0.271. The second-order valence-corrected chi connectivity index (χ2v) is 2.69. The maximum atomic E-state index is 11.8. The molecular weight excluding hydrogens is 229 g/mol. The summed E-state index contributed by atoms with van der Waals surface area (Å²) in [5.41, 5.74) is -0.271. The number of aromatic nitrogens is 1. The Labute approximate surface area is 86.9 Å². The minimum Gasteiger partial charge on any atom is -0.478 e. The monoisotopic (exact) mass is 234 g/mol. The first-order valence-corrected chi connectivity index (χ1v) is 3.88. The van der Waals surface area contributed by atoms with Crippen molar-refractivity contribution in [2.75, 3.05) is 5.32 Å². The first-order chi connectivity index (χ1) is 7.30. The van der Waals surface area contributed by atoms with E-state index in [0.717, 1.165) is 18.3 Å². The van der Waals surface area contributed by atoms with E-state index in [0.29, 0.717) is 0 Å². The van der Waals surface area contributed by atoms with Crippen molar-refractivity contribution in [2.45, 2.75) is 6.18 Å². The number of carboxylic acid groups (broad SMARTS) is 1. The van der Waals surface area contributed by atoms with Crippen LogP contribution in [0.1, 0.15) is 10.4 Å². The molecule has 1 heterocycles. The molecule has 1 amide bonds. The molecule has 0 aliphatic carbocycles. The average molecular weight is 234 g/mol. The summed E-state index contributed by atoms with van der Waals surface area (Å²) in [6, 6.07) is 1.91. The van der Waals surface area contributed by atoms with Crippen LogP contribution >= 0.6 is 0 Å². The van der Waals surface area contributed by atoms with Crippen molar-refractivity contribution in [1.29, 1.82) is 0 Å². The second-order valence-electron chi connectivity index (χ2n) is 2.69. The Bertz CT molecular complexity index is 431. The van der Waals surface area contributed by atoms with Crippen LogP contribution in [0, 0.1) is 0 Å². The Balaban J connectivity index is 2.87. The summed E-state index contributed by atoms with van der Waals surface area (Å²) in [6.07, 6.45) is -4.06. The van der Waals surface area contributed by atoms with E-state index in [1.165, 1.54) is 5.32 Å². The molecule has 0 saturated heterocycles. The van der Waals surface area contributed by atoms with E-state index < -0.39 is 23.9 Å². The van der Waals surface area contributed by atoms with Gasteiger partial charge in [-0.25, -0.2) is 9.78 Å². The van der Waals surface area contributed by atoms with Crippen LogP contribution in [0.25, 0.3) is 0 Å². The largest absolute Gasteiger partial charge is 0.478 e. The van der Waals surface area contributed by atoms with E-state index >= 15 is 0 Å². The highest BCUT2D eigenvalue weighted by molar-refractivity contribution is 5.95. The number of nitrogens with zero attached hydrogens (tertiary/aromatic N) is 1. The van der Waals surface area contributed by atoms with Gasteiger partial charge in [0.1, 0.15) is 5.82 Å². The third-order valence-corrected chi connectivity index (χ3v) is 1.51. The van der Waals surface area contributed by atoms with Gasteiger partial charge in [0.05, 0.1) is 5.56 Å². The van der Waals surface area contributed by atoms with Gasteiger partial charge in [-0.05, 0) is 12.1 Å². The summed E-state index contributed by atoms with van der Waals surface area (Å²) in [5.74, 6) is -4.00. The van der Waals surface area contributed by atoms with Crippen molar-refractivity contribution in [1.82, 2.24) is 4.98 Å². The molecule has 5 nitrogen and oxygen atoms in total. The molecular formula is C8H5F3N2O3. The van der Waals surface area contributed by atoms with Crippen LogP contribution in [-0.2, 0) is 4.79 Å². The molecule has 0 aliphatic heterocycles. The third kappa shape index (κ3) is 2.94. The van der Waals surface area contributed by atoms with E-state index in [2.05, 4.69) is 4.98 Å². The van der Waals surface area contributed by atoms with Gasteiger partial charge >= 0.3 is 18.1 Å². The first kappa shape index (κ1) is 12.0. The topological polar surface area (TPSA) is 79.3 Å². The number of carbonyl (C=O) groups excluding carboxylic acids is 1. The quantitative estimate of drug-likeness (QED) is 0.807. The number of pyridine rings is 1. The van der Waals surface area contributed by atoms with E-state index in [-0.39, 0.29) is 5.56 Å². The third-order valence-electron chi connectivity index (χ3n) is 1.51. The fourth-order valence-corrected chi connectivity index (χ4v) is 0.819. The molecule has 1 rings (SSSR count). The van der Waals surface area contributed by atoms with E-state index in [1.807, 2.05) is 0 Å². The highest BCUT2D eigenvalue weighted by Gasteiger charge is 2.38. The van der Waals surface area contributed by atoms with Gasteiger partial charge < -0.3 is 10.4 Å². The van der Waals surface area contributed by atoms with Crippen LogP contribution in [0.2, 0.25) is 0 Å². The number of carbonyl (C=O) groups is 2. The van der Waals surface area contributed by atoms with Crippen LogP contribution < -0.4 is 5.32 Å². The summed E-state index contributed by atoms with van der Waals surface area (Å²) >= 11 is 0. The summed E-state index contributed by atoms with van der Waals surface area (Å²) in [6.45, 7) is 0. The molecule has 2 N–H and O–H groups in total. The number of carboxylic acids is 1. The summed E-state index contributed by atoms with van der Waals surface area (Å²) < 4.78 is 35.5. The Morgan fingerprint density at radius 1 is 1.38 bits per heavy atom. The molecule has 16 heavy (non-hydrogen) atoms. The van der Waals surface area contributed by atoms with Gasteiger partial charge in [-0.2, -0.15) is 13.2 Å². The molecule has 1 aromatic rings. The van der Waals surface area contributed by atoms with Crippen molar-refractivity contribution in [3.05, 3.63) is 23.9 Å². The van der Waals surface area contributed by atoms with Gasteiger partial charge in [-0.3, -0.25) is 4.79 Å². The molecule has 0 spiro atoms. The lowest BCUT2D eigenvalue weighted by molar-refractivity contribution is -0.167. The molecule has 0 unspecified atom stereocenters. The Kier molecular flexibility index (Phi) is 3.11. The normalized spacial score (nSPS) is 10.9. The van der Waals surface area contributed by atoms with Crippen LogP contribution in [-0.4, -0.2) is 28.1 Å². The molecule has 1 aromatic heterocycles. The summed E-state index contributed by atoms with van der Waals surface area (Å²) in [4.78, 5) is 24.3. The van der Waals surface area contributed by atoms with Gasteiger partial charge in [0.25, 0.3) is 0 Å². The molecule has 0 saturated carbocycles. The second kappa shape index (κ2) is 4.17. The number of nitrogens with one attached hydrogen (secondary N) is 1. The maximum absolute atomic E-state index is 11.8. The average Bonchev–Trinajstić information content (AvgIpc) is 2.16. The number of anilines is 1. The fraction of sp³-hybridized carbons (Fsp3) is 0.125. The van der Waals surface area contributed by atoms with Crippen LogP contribution in [0.4, 0.5) is 19.0 Å². The van der Waals surface area contributed by atoms with Gasteiger partial charge in [-0.15, -0.1) is 0 Å². The van der Waals surface area contributed by atoms with Crippen LogP contribution in [0.15, 0.2) is 18.3 Å². The maximum Gasteiger partial charge on any atom is 0.471 e. The van der Waals surface area contributed by atoms with E-state index in [9.17, 15) is 22.8 Å². The molecule has 8 heteroatoms. The van der Waals surface area contributed by atoms with Gasteiger partial charge in [-0.1, -0.05) is 0 Å².